The third kappa shape index (κ3) is 7.28. The van der Waals surface area contributed by atoms with Crippen LogP contribution in [0.1, 0.15) is 38.8 Å². The molecule has 1 aliphatic rings. The zero-order chi connectivity index (χ0) is 18.1. The van der Waals surface area contributed by atoms with Crippen molar-refractivity contribution >= 4 is 29.9 Å². The fraction of sp³-hybridized carbons (Fsp3) is 0.632. The molecule has 0 saturated carbocycles. The van der Waals surface area contributed by atoms with E-state index in [1.54, 1.807) is 7.11 Å². The Morgan fingerprint density at radius 1 is 1.27 bits per heavy atom. The first-order chi connectivity index (χ1) is 12.1. The van der Waals surface area contributed by atoms with Crippen molar-refractivity contribution in [1.29, 1.82) is 0 Å². The molecule has 1 aromatic rings. The summed E-state index contributed by atoms with van der Waals surface area (Å²) in [5.74, 6) is 1.74. The van der Waals surface area contributed by atoms with Crippen molar-refractivity contribution in [2.75, 3.05) is 40.0 Å². The maximum atomic E-state index is 6.09. The molecular formula is C19H32IN3O3. The molecular weight excluding hydrogens is 445 g/mol. The van der Waals surface area contributed by atoms with Gasteiger partial charge in [0, 0.05) is 25.6 Å². The SMILES string of the molecule is CCNC(=NCCOCCOC)NC1CC(C)(C)Oc2ccccc21.I. The summed E-state index contributed by atoms with van der Waals surface area (Å²) in [7, 11) is 1.67. The second-order valence-electron chi connectivity index (χ2n) is 6.67. The van der Waals surface area contributed by atoms with E-state index in [1.165, 1.54) is 5.56 Å². The average molecular weight is 477 g/mol. The molecule has 2 N–H and O–H groups in total. The summed E-state index contributed by atoms with van der Waals surface area (Å²) in [4.78, 5) is 4.61. The zero-order valence-electron chi connectivity index (χ0n) is 16.2. The molecule has 0 amide bonds. The fourth-order valence-electron chi connectivity index (χ4n) is 2.88. The Balaban J connectivity index is 0.00000338. The highest BCUT2D eigenvalue weighted by molar-refractivity contribution is 14.0. The van der Waals surface area contributed by atoms with E-state index in [0.717, 1.165) is 24.7 Å². The van der Waals surface area contributed by atoms with Crippen LogP contribution in [0.25, 0.3) is 0 Å². The van der Waals surface area contributed by atoms with Gasteiger partial charge in [0.15, 0.2) is 5.96 Å². The van der Waals surface area contributed by atoms with Crippen LogP contribution < -0.4 is 15.4 Å². The molecule has 0 radical (unpaired) electrons. The summed E-state index contributed by atoms with van der Waals surface area (Å²) in [6.07, 6.45) is 0.874. The number of benzene rings is 1. The highest BCUT2D eigenvalue weighted by Gasteiger charge is 2.33. The number of nitrogens with zero attached hydrogens (tertiary/aromatic N) is 1. The summed E-state index contributed by atoms with van der Waals surface area (Å²) in [6, 6.07) is 8.35. The van der Waals surface area contributed by atoms with Gasteiger partial charge in [-0.15, -0.1) is 24.0 Å². The molecule has 148 valence electrons. The Bertz CT molecular complexity index is 567. The molecule has 2 rings (SSSR count). The van der Waals surface area contributed by atoms with E-state index in [2.05, 4.69) is 42.5 Å². The van der Waals surface area contributed by atoms with Gasteiger partial charge in [-0.2, -0.15) is 0 Å². The van der Waals surface area contributed by atoms with E-state index in [0.29, 0.717) is 26.4 Å². The summed E-state index contributed by atoms with van der Waals surface area (Å²) in [5.41, 5.74) is 0.954. The lowest BCUT2D eigenvalue weighted by atomic mass is 9.90. The number of guanidine groups is 1. The van der Waals surface area contributed by atoms with Crippen LogP contribution >= 0.6 is 24.0 Å². The first kappa shape index (κ1) is 23.0. The molecule has 0 spiro atoms. The van der Waals surface area contributed by atoms with Gasteiger partial charge in [0.05, 0.1) is 32.4 Å². The summed E-state index contributed by atoms with van der Waals surface area (Å²) >= 11 is 0. The van der Waals surface area contributed by atoms with E-state index in [-0.39, 0.29) is 35.6 Å². The van der Waals surface area contributed by atoms with E-state index < -0.39 is 0 Å². The minimum Gasteiger partial charge on any atom is -0.487 e. The number of rotatable bonds is 8. The van der Waals surface area contributed by atoms with E-state index in [9.17, 15) is 0 Å². The van der Waals surface area contributed by atoms with Crippen LogP contribution in [0, 0.1) is 0 Å². The molecule has 26 heavy (non-hydrogen) atoms. The van der Waals surface area contributed by atoms with Crippen LogP contribution in [0.2, 0.25) is 0 Å². The number of nitrogens with one attached hydrogen (secondary N) is 2. The largest absolute Gasteiger partial charge is 0.487 e. The van der Waals surface area contributed by atoms with Crippen LogP contribution in [-0.2, 0) is 9.47 Å². The topological polar surface area (TPSA) is 64.1 Å². The van der Waals surface area contributed by atoms with Crippen LogP contribution in [0.5, 0.6) is 5.75 Å². The molecule has 0 saturated heterocycles. The van der Waals surface area contributed by atoms with Crippen molar-refractivity contribution in [1.82, 2.24) is 10.6 Å². The number of hydrogen-bond donors (Lipinski definition) is 2. The third-order valence-electron chi connectivity index (χ3n) is 3.97. The van der Waals surface area contributed by atoms with Gasteiger partial charge in [0.2, 0.25) is 0 Å². The second kappa shape index (κ2) is 11.6. The Hall–Kier alpha value is -1.06. The number of halogens is 1. The lowest BCUT2D eigenvalue weighted by Crippen LogP contribution is -2.45. The molecule has 1 aliphatic heterocycles. The number of hydrogen-bond acceptors (Lipinski definition) is 4. The first-order valence-corrected chi connectivity index (χ1v) is 8.95. The van der Waals surface area contributed by atoms with Gasteiger partial charge < -0.3 is 24.8 Å². The molecule has 1 unspecified atom stereocenters. The maximum Gasteiger partial charge on any atom is 0.191 e. The smallest absolute Gasteiger partial charge is 0.191 e. The Morgan fingerprint density at radius 3 is 2.77 bits per heavy atom. The zero-order valence-corrected chi connectivity index (χ0v) is 18.5. The Morgan fingerprint density at radius 2 is 2.04 bits per heavy atom. The number of fused-ring (bicyclic) bond motifs is 1. The lowest BCUT2D eigenvalue weighted by Gasteiger charge is -2.38. The van der Waals surface area contributed by atoms with Gasteiger partial charge in [0.25, 0.3) is 0 Å². The molecule has 0 fully saturated rings. The van der Waals surface area contributed by atoms with Crippen molar-refractivity contribution in [2.45, 2.75) is 38.8 Å². The van der Waals surface area contributed by atoms with Crippen molar-refractivity contribution in [3.63, 3.8) is 0 Å². The van der Waals surface area contributed by atoms with Crippen molar-refractivity contribution in [2.24, 2.45) is 4.99 Å². The third-order valence-corrected chi connectivity index (χ3v) is 3.97. The molecule has 1 atom stereocenters. The van der Waals surface area contributed by atoms with Crippen LogP contribution in [0.3, 0.4) is 0 Å². The van der Waals surface area contributed by atoms with Gasteiger partial charge in [-0.3, -0.25) is 4.99 Å². The number of aliphatic imine (C=N–C) groups is 1. The second-order valence-corrected chi connectivity index (χ2v) is 6.67. The first-order valence-electron chi connectivity index (χ1n) is 8.95. The molecule has 6 nitrogen and oxygen atoms in total. The van der Waals surface area contributed by atoms with Crippen LogP contribution in [0.15, 0.2) is 29.3 Å². The van der Waals surface area contributed by atoms with Crippen molar-refractivity contribution in [3.8, 4) is 5.75 Å². The molecule has 7 heteroatoms. The van der Waals surface area contributed by atoms with Crippen LogP contribution in [-0.4, -0.2) is 51.6 Å². The molecule has 0 aromatic heterocycles. The van der Waals surface area contributed by atoms with Gasteiger partial charge in [0.1, 0.15) is 11.4 Å². The number of ether oxygens (including phenoxy) is 3. The molecule has 0 aliphatic carbocycles. The normalized spacial score (nSPS) is 18.3. The van der Waals surface area contributed by atoms with Crippen molar-refractivity contribution in [3.05, 3.63) is 29.8 Å². The van der Waals surface area contributed by atoms with Gasteiger partial charge in [-0.25, -0.2) is 0 Å². The van der Waals surface area contributed by atoms with Gasteiger partial charge in [-0.1, -0.05) is 18.2 Å². The minimum atomic E-state index is -0.216. The van der Waals surface area contributed by atoms with E-state index in [1.807, 2.05) is 18.2 Å². The Kier molecular flexibility index (Phi) is 10.3. The fourth-order valence-corrected chi connectivity index (χ4v) is 2.88. The van der Waals surface area contributed by atoms with Gasteiger partial charge >= 0.3 is 0 Å². The maximum absolute atomic E-state index is 6.09. The predicted octanol–water partition coefficient (Wildman–Crippen LogP) is 3.12. The quantitative estimate of drug-likeness (QED) is 0.261. The summed E-state index contributed by atoms with van der Waals surface area (Å²) in [5, 5.41) is 6.86. The van der Waals surface area contributed by atoms with Crippen molar-refractivity contribution < 1.29 is 14.2 Å². The van der Waals surface area contributed by atoms with E-state index in [4.69, 9.17) is 14.2 Å². The average Bonchev–Trinajstić information content (AvgIpc) is 2.57. The number of para-hydroxylation sites is 1. The van der Waals surface area contributed by atoms with Gasteiger partial charge in [-0.05, 0) is 26.8 Å². The van der Waals surface area contributed by atoms with E-state index >= 15 is 0 Å². The highest BCUT2D eigenvalue weighted by atomic mass is 127. The standard InChI is InChI=1S/C19H31N3O3.HI/c1-5-20-18(21-10-11-24-13-12-23-4)22-16-14-19(2,3)25-17-9-7-6-8-15(16)17;/h6-9,16H,5,10-14H2,1-4H3,(H2,20,21,22);1H. The number of methoxy groups -OCH3 is 1. The summed E-state index contributed by atoms with van der Waals surface area (Å²) in [6.45, 7) is 9.49. The minimum absolute atomic E-state index is 0. The summed E-state index contributed by atoms with van der Waals surface area (Å²) < 4.78 is 16.5. The lowest BCUT2D eigenvalue weighted by molar-refractivity contribution is 0.0692. The molecule has 1 aromatic carbocycles. The monoisotopic (exact) mass is 477 g/mol. The predicted molar refractivity (Wildman–Crippen MR) is 116 cm³/mol. The highest BCUT2D eigenvalue weighted by Crippen LogP contribution is 2.39. The Labute approximate surface area is 174 Å². The molecule has 0 bridgehead atoms. The molecule has 1 heterocycles. The van der Waals surface area contributed by atoms with Crippen LogP contribution in [0.4, 0.5) is 0 Å².